The Morgan fingerprint density at radius 1 is 1.14 bits per heavy atom. The summed E-state index contributed by atoms with van der Waals surface area (Å²) >= 11 is 0. The van der Waals surface area contributed by atoms with Gasteiger partial charge in [0, 0.05) is 19.2 Å². The van der Waals surface area contributed by atoms with E-state index >= 15 is 0 Å². The van der Waals surface area contributed by atoms with Gasteiger partial charge in [-0.15, -0.1) is 5.01 Å². The average molecular weight is 312 g/mol. The lowest BCUT2D eigenvalue weighted by atomic mass is 10.2. The van der Waals surface area contributed by atoms with Crippen LogP contribution in [0.25, 0.3) is 0 Å². The molecule has 2 rings (SSSR count). The topological polar surface area (TPSA) is 149 Å². The van der Waals surface area contributed by atoms with E-state index in [-0.39, 0.29) is 10.7 Å². The van der Waals surface area contributed by atoms with Crippen LogP contribution in [0.2, 0.25) is 0 Å². The van der Waals surface area contributed by atoms with Crippen LogP contribution < -0.4 is 10.2 Å². The Labute approximate surface area is 123 Å². The van der Waals surface area contributed by atoms with Crippen molar-refractivity contribution in [2.45, 2.75) is 0 Å². The molecule has 0 amide bonds. The Balaban J connectivity index is 2.17. The maximum atomic E-state index is 11.7. The molecule has 0 saturated carbocycles. The highest BCUT2D eigenvalue weighted by Crippen LogP contribution is 2.31. The van der Waals surface area contributed by atoms with Crippen LogP contribution in [-0.2, 0) is 0 Å². The Bertz CT molecular complexity index is 614. The fourth-order valence-corrected chi connectivity index (χ4v) is 1.79. The van der Waals surface area contributed by atoms with Crippen LogP contribution in [0.4, 0.5) is 11.4 Å². The zero-order valence-corrected chi connectivity index (χ0v) is 11.2. The van der Waals surface area contributed by atoms with Gasteiger partial charge in [-0.3, -0.25) is 25.1 Å². The number of nitrogens with zero attached hydrogens (tertiary/aromatic N) is 5. The highest BCUT2D eigenvalue weighted by molar-refractivity contribution is 5.53. The Morgan fingerprint density at radius 3 is 2.41 bits per heavy atom. The minimum absolute atomic E-state index is 0.200. The smallest absolute Gasteiger partial charge is 0.321 e. The van der Waals surface area contributed by atoms with Crippen molar-refractivity contribution < 1.29 is 19.7 Å². The molecule has 22 heavy (non-hydrogen) atoms. The van der Waals surface area contributed by atoms with Gasteiger partial charge in [0.05, 0.1) is 34.0 Å². The average Bonchev–Trinajstić information content (AvgIpc) is 2.53. The van der Waals surface area contributed by atoms with Crippen molar-refractivity contribution in [2.24, 2.45) is 5.28 Å². The zero-order chi connectivity index (χ0) is 16.1. The number of nitro groups is 2. The van der Waals surface area contributed by atoms with E-state index in [0.717, 1.165) is 18.2 Å². The minimum Gasteiger partial charge on any atom is -0.569 e. The van der Waals surface area contributed by atoms with Crippen LogP contribution in [-0.4, -0.2) is 46.0 Å². The number of nitro benzene ring substituents is 2. The predicted molar refractivity (Wildman–Crippen MR) is 70.9 cm³/mol. The lowest BCUT2D eigenvalue weighted by Crippen LogP contribution is -2.46. The van der Waals surface area contributed by atoms with E-state index in [2.05, 4.69) is 10.6 Å². The molecular formula is C10H12N6O6. The number of hydrazine groups is 1. The Morgan fingerprint density at radius 2 is 1.82 bits per heavy atom. The number of hydrogen-bond acceptors (Lipinski definition) is 8. The molecule has 1 N–H and O–H groups in total. The summed E-state index contributed by atoms with van der Waals surface area (Å²) in [6.45, 7) is 2.04. The highest BCUT2D eigenvalue weighted by atomic mass is 16.7. The first kappa shape index (κ1) is 15.4. The first-order valence-electron chi connectivity index (χ1n) is 6.22. The van der Waals surface area contributed by atoms with Gasteiger partial charge >= 0.3 is 5.69 Å². The third-order valence-corrected chi connectivity index (χ3v) is 2.89. The number of benzene rings is 1. The van der Waals surface area contributed by atoms with Crippen LogP contribution in [0, 0.1) is 25.4 Å². The lowest BCUT2D eigenvalue weighted by Gasteiger charge is -2.22. The molecule has 1 fully saturated rings. The van der Waals surface area contributed by atoms with E-state index in [4.69, 9.17) is 4.84 Å². The van der Waals surface area contributed by atoms with E-state index in [1.54, 1.807) is 0 Å². The van der Waals surface area contributed by atoms with E-state index in [1.165, 1.54) is 5.01 Å². The quantitative estimate of drug-likeness (QED) is 0.359. The third-order valence-electron chi connectivity index (χ3n) is 2.89. The van der Waals surface area contributed by atoms with Gasteiger partial charge in [0.2, 0.25) is 11.0 Å². The summed E-state index contributed by atoms with van der Waals surface area (Å²) in [4.78, 5) is 24.8. The molecule has 0 radical (unpaired) electrons. The number of non-ortho nitro benzene ring substituents is 1. The summed E-state index contributed by atoms with van der Waals surface area (Å²) in [6, 6.07) is 2.79. The van der Waals surface area contributed by atoms with Gasteiger partial charge in [-0.05, 0) is 6.07 Å². The van der Waals surface area contributed by atoms with Gasteiger partial charge < -0.3 is 10.5 Å². The second kappa shape index (κ2) is 6.62. The Kier molecular flexibility index (Phi) is 4.63. The first-order chi connectivity index (χ1) is 10.5. The van der Waals surface area contributed by atoms with Crippen LogP contribution in [0.3, 0.4) is 0 Å². The molecule has 0 unspecified atom stereocenters. The molecule has 12 nitrogen and oxygen atoms in total. The molecule has 1 aromatic rings. The molecule has 0 aliphatic carbocycles. The monoisotopic (exact) mass is 312 g/mol. The maximum absolute atomic E-state index is 11.7. The summed E-state index contributed by atoms with van der Waals surface area (Å²) < 4.78 is 0. The molecule has 118 valence electrons. The van der Waals surface area contributed by atoms with Crippen LogP contribution >= 0.6 is 0 Å². The largest absolute Gasteiger partial charge is 0.569 e. The fraction of sp³-hybridized carbons (Fsp3) is 0.400. The van der Waals surface area contributed by atoms with Crippen molar-refractivity contribution in [1.29, 1.82) is 0 Å². The molecule has 12 heteroatoms. The first-order valence-corrected chi connectivity index (χ1v) is 6.22. The summed E-state index contributed by atoms with van der Waals surface area (Å²) in [5.74, 6) is -0.355. The van der Waals surface area contributed by atoms with Gasteiger partial charge in [-0.25, -0.2) is 0 Å². The second-order valence-corrected chi connectivity index (χ2v) is 4.30. The van der Waals surface area contributed by atoms with Crippen LogP contribution in [0.5, 0.6) is 5.75 Å². The molecule has 1 aromatic carbocycles. The lowest BCUT2D eigenvalue weighted by molar-refractivity contribution is -0.708. The molecule has 0 bridgehead atoms. The van der Waals surface area contributed by atoms with Crippen molar-refractivity contribution in [3.05, 3.63) is 43.6 Å². The summed E-state index contributed by atoms with van der Waals surface area (Å²) in [5.41, 5.74) is -1.10. The van der Waals surface area contributed by atoms with Gasteiger partial charge in [0.25, 0.3) is 5.69 Å². The van der Waals surface area contributed by atoms with Crippen molar-refractivity contribution in [3.8, 4) is 5.75 Å². The molecule has 1 heterocycles. The minimum atomic E-state index is -0.849. The fourth-order valence-electron chi connectivity index (χ4n) is 1.79. The van der Waals surface area contributed by atoms with Crippen molar-refractivity contribution in [2.75, 3.05) is 26.2 Å². The standard InChI is InChI=1S/C10H12N6O6/c17-14(18)8-1-2-10(9(7-8)15(19)20)22-12-16(21)13-5-3-11-4-6-13/h1-2,7,11H,3-6H2/b16-12+. The van der Waals surface area contributed by atoms with E-state index in [0.29, 0.717) is 26.2 Å². The summed E-state index contributed by atoms with van der Waals surface area (Å²) in [7, 11) is 0. The van der Waals surface area contributed by atoms with Gasteiger partial charge in [0.15, 0.2) is 0 Å². The molecule has 0 aromatic heterocycles. The normalized spacial score (nSPS) is 15.5. The van der Waals surface area contributed by atoms with Crippen molar-refractivity contribution in [3.63, 3.8) is 0 Å². The molecule has 0 atom stereocenters. The van der Waals surface area contributed by atoms with Crippen LogP contribution in [0.1, 0.15) is 0 Å². The second-order valence-electron chi connectivity index (χ2n) is 4.30. The van der Waals surface area contributed by atoms with E-state index in [9.17, 15) is 25.4 Å². The molecule has 0 spiro atoms. The molecule has 1 aliphatic heterocycles. The number of piperazine rings is 1. The maximum Gasteiger partial charge on any atom is 0.321 e. The van der Waals surface area contributed by atoms with Crippen molar-refractivity contribution >= 4 is 11.4 Å². The number of nitrogens with one attached hydrogen (secondary N) is 1. The van der Waals surface area contributed by atoms with Gasteiger partial charge in [-0.1, -0.05) is 0 Å². The van der Waals surface area contributed by atoms with E-state index < -0.39 is 21.2 Å². The highest BCUT2D eigenvalue weighted by Gasteiger charge is 2.23. The SMILES string of the molecule is O=[N+]([O-])c1ccc(O/N=[N+](/[O-])N2CCNCC2)c([N+](=O)[O-])c1. The number of rotatable bonds is 5. The predicted octanol–water partition coefficient (Wildman–Crippen LogP) is 0.580. The molecule has 1 saturated heterocycles. The van der Waals surface area contributed by atoms with Crippen molar-refractivity contribution in [1.82, 2.24) is 10.3 Å². The third kappa shape index (κ3) is 3.54. The van der Waals surface area contributed by atoms with Crippen LogP contribution in [0.15, 0.2) is 23.5 Å². The molecular weight excluding hydrogens is 300 g/mol. The summed E-state index contributed by atoms with van der Waals surface area (Å²) in [6.07, 6.45) is 0. The van der Waals surface area contributed by atoms with E-state index in [1.807, 2.05) is 0 Å². The summed E-state index contributed by atoms with van der Waals surface area (Å²) in [5, 5.41) is 40.8. The van der Waals surface area contributed by atoms with Gasteiger partial charge in [0.1, 0.15) is 0 Å². The molecule has 1 aliphatic rings. The zero-order valence-electron chi connectivity index (χ0n) is 11.2. The van der Waals surface area contributed by atoms with Gasteiger partial charge in [-0.2, -0.15) is 0 Å². The number of hydrogen-bond donors (Lipinski definition) is 1. The Hall–Kier alpha value is -3.02.